The zero-order valence-electron chi connectivity index (χ0n) is 12.6. The minimum atomic E-state index is 0.142. The SMILES string of the molecule is O=C(CCc1ccc(Cl)cc1)NCCCN1CCCCC1. The molecular formula is C17H25ClN2O. The number of halogens is 1. The molecule has 0 atom stereocenters. The first-order valence-electron chi connectivity index (χ1n) is 7.97. The van der Waals surface area contributed by atoms with E-state index >= 15 is 0 Å². The number of nitrogens with one attached hydrogen (secondary N) is 1. The highest BCUT2D eigenvalue weighted by Gasteiger charge is 2.09. The fourth-order valence-corrected chi connectivity index (χ4v) is 2.84. The number of amides is 1. The van der Waals surface area contributed by atoms with E-state index in [-0.39, 0.29) is 5.91 Å². The Balaban J connectivity index is 1.54. The number of carbonyl (C=O) groups excluding carboxylic acids is 1. The number of aryl methyl sites for hydroxylation is 1. The van der Waals surface area contributed by atoms with Crippen LogP contribution in [0, 0.1) is 0 Å². The first-order chi connectivity index (χ1) is 10.2. The Morgan fingerprint density at radius 3 is 2.57 bits per heavy atom. The average molecular weight is 309 g/mol. The number of likely N-dealkylation sites (tertiary alicyclic amines) is 1. The van der Waals surface area contributed by atoms with E-state index in [4.69, 9.17) is 11.6 Å². The highest BCUT2D eigenvalue weighted by Crippen LogP contribution is 2.11. The van der Waals surface area contributed by atoms with Crippen LogP contribution >= 0.6 is 11.6 Å². The molecule has 1 amide bonds. The molecule has 0 spiro atoms. The molecule has 1 heterocycles. The molecule has 0 radical (unpaired) electrons. The molecule has 1 N–H and O–H groups in total. The smallest absolute Gasteiger partial charge is 0.220 e. The van der Waals surface area contributed by atoms with Gasteiger partial charge in [-0.25, -0.2) is 0 Å². The number of rotatable bonds is 7. The molecule has 0 saturated carbocycles. The lowest BCUT2D eigenvalue weighted by Gasteiger charge is -2.26. The third-order valence-corrected chi connectivity index (χ3v) is 4.23. The van der Waals surface area contributed by atoms with Gasteiger partial charge in [0.1, 0.15) is 0 Å². The second-order valence-electron chi connectivity index (χ2n) is 5.73. The van der Waals surface area contributed by atoms with E-state index in [1.807, 2.05) is 24.3 Å². The van der Waals surface area contributed by atoms with Crippen molar-refractivity contribution in [2.45, 2.75) is 38.5 Å². The lowest BCUT2D eigenvalue weighted by Crippen LogP contribution is -2.33. The fourth-order valence-electron chi connectivity index (χ4n) is 2.71. The van der Waals surface area contributed by atoms with Crippen LogP contribution in [-0.4, -0.2) is 37.0 Å². The molecule has 2 rings (SSSR count). The van der Waals surface area contributed by atoms with Crippen molar-refractivity contribution in [2.24, 2.45) is 0 Å². The van der Waals surface area contributed by atoms with Crippen LogP contribution in [0.25, 0.3) is 0 Å². The molecule has 1 aliphatic rings. The van der Waals surface area contributed by atoms with E-state index in [9.17, 15) is 4.79 Å². The molecule has 0 aliphatic carbocycles. The first-order valence-corrected chi connectivity index (χ1v) is 8.35. The largest absolute Gasteiger partial charge is 0.356 e. The number of hydrogen-bond acceptors (Lipinski definition) is 2. The van der Waals surface area contributed by atoms with E-state index < -0.39 is 0 Å². The normalized spacial score (nSPS) is 15.9. The van der Waals surface area contributed by atoms with Crippen molar-refractivity contribution in [3.05, 3.63) is 34.9 Å². The Kier molecular flexibility index (Phi) is 7.04. The van der Waals surface area contributed by atoms with Gasteiger partial charge >= 0.3 is 0 Å². The highest BCUT2D eigenvalue weighted by atomic mass is 35.5. The predicted molar refractivity (Wildman–Crippen MR) is 87.7 cm³/mol. The monoisotopic (exact) mass is 308 g/mol. The Morgan fingerprint density at radius 1 is 1.14 bits per heavy atom. The van der Waals surface area contributed by atoms with Crippen molar-refractivity contribution < 1.29 is 4.79 Å². The summed E-state index contributed by atoms with van der Waals surface area (Å²) in [5.41, 5.74) is 1.16. The van der Waals surface area contributed by atoms with Crippen molar-refractivity contribution in [2.75, 3.05) is 26.2 Å². The van der Waals surface area contributed by atoms with Gasteiger partial charge in [-0.2, -0.15) is 0 Å². The summed E-state index contributed by atoms with van der Waals surface area (Å²) < 4.78 is 0. The quantitative estimate of drug-likeness (QED) is 0.784. The van der Waals surface area contributed by atoms with E-state index in [1.165, 1.54) is 32.4 Å². The summed E-state index contributed by atoms with van der Waals surface area (Å²) >= 11 is 5.84. The van der Waals surface area contributed by atoms with Crippen molar-refractivity contribution in [3.8, 4) is 0 Å². The number of carbonyl (C=O) groups is 1. The van der Waals surface area contributed by atoms with Crippen LogP contribution in [-0.2, 0) is 11.2 Å². The summed E-state index contributed by atoms with van der Waals surface area (Å²) in [6, 6.07) is 7.69. The van der Waals surface area contributed by atoms with Crippen molar-refractivity contribution in [1.29, 1.82) is 0 Å². The van der Waals surface area contributed by atoms with Gasteiger partial charge in [0.15, 0.2) is 0 Å². The molecular weight excluding hydrogens is 284 g/mol. The topological polar surface area (TPSA) is 32.3 Å². The maximum Gasteiger partial charge on any atom is 0.220 e. The second-order valence-corrected chi connectivity index (χ2v) is 6.17. The second kappa shape index (κ2) is 9.06. The third-order valence-electron chi connectivity index (χ3n) is 3.98. The van der Waals surface area contributed by atoms with Gasteiger partial charge in [0, 0.05) is 18.0 Å². The molecule has 1 aliphatic heterocycles. The summed E-state index contributed by atoms with van der Waals surface area (Å²) in [6.07, 6.45) is 6.39. The van der Waals surface area contributed by atoms with Gasteiger partial charge in [-0.15, -0.1) is 0 Å². The van der Waals surface area contributed by atoms with Crippen LogP contribution in [0.3, 0.4) is 0 Å². The third kappa shape index (κ3) is 6.49. The van der Waals surface area contributed by atoms with E-state index in [0.29, 0.717) is 6.42 Å². The standard InChI is InChI=1S/C17H25ClN2O/c18-16-8-5-15(6-9-16)7-10-17(21)19-11-4-14-20-12-2-1-3-13-20/h5-6,8-9H,1-4,7,10-14H2,(H,19,21). The van der Waals surface area contributed by atoms with Crippen molar-refractivity contribution >= 4 is 17.5 Å². The van der Waals surface area contributed by atoms with Crippen LogP contribution in [0.1, 0.15) is 37.7 Å². The summed E-state index contributed by atoms with van der Waals surface area (Å²) in [4.78, 5) is 14.3. The van der Waals surface area contributed by atoms with E-state index in [1.54, 1.807) is 0 Å². The van der Waals surface area contributed by atoms with Crippen LogP contribution in [0.4, 0.5) is 0 Å². The number of nitrogens with zero attached hydrogens (tertiary/aromatic N) is 1. The maximum absolute atomic E-state index is 11.8. The fraction of sp³-hybridized carbons (Fsp3) is 0.588. The maximum atomic E-state index is 11.8. The average Bonchev–Trinajstić information content (AvgIpc) is 2.52. The molecule has 4 heteroatoms. The molecule has 0 bridgehead atoms. The molecule has 0 aromatic heterocycles. The number of hydrogen-bond donors (Lipinski definition) is 1. The zero-order valence-corrected chi connectivity index (χ0v) is 13.4. The Bertz CT molecular complexity index is 427. The minimum Gasteiger partial charge on any atom is -0.356 e. The first kappa shape index (κ1) is 16.3. The van der Waals surface area contributed by atoms with Gasteiger partial charge in [-0.1, -0.05) is 30.2 Å². The van der Waals surface area contributed by atoms with Crippen molar-refractivity contribution in [3.63, 3.8) is 0 Å². The van der Waals surface area contributed by atoms with Crippen LogP contribution in [0.2, 0.25) is 5.02 Å². The molecule has 0 unspecified atom stereocenters. The Hall–Kier alpha value is -1.06. The summed E-state index contributed by atoms with van der Waals surface area (Å²) in [6.45, 7) is 4.35. The molecule has 1 saturated heterocycles. The van der Waals surface area contributed by atoms with E-state index in [0.717, 1.165) is 36.5 Å². The number of benzene rings is 1. The van der Waals surface area contributed by atoms with Gasteiger partial charge in [0.2, 0.25) is 5.91 Å². The molecule has 1 fully saturated rings. The summed E-state index contributed by atoms with van der Waals surface area (Å²) in [5, 5.41) is 3.75. The van der Waals surface area contributed by atoms with Crippen LogP contribution in [0.15, 0.2) is 24.3 Å². The van der Waals surface area contributed by atoms with E-state index in [2.05, 4.69) is 10.2 Å². The van der Waals surface area contributed by atoms with Gasteiger partial charge in [0.05, 0.1) is 0 Å². The van der Waals surface area contributed by atoms with Gasteiger partial charge in [-0.05, 0) is 63.0 Å². The van der Waals surface area contributed by atoms with Crippen LogP contribution in [0.5, 0.6) is 0 Å². The minimum absolute atomic E-state index is 0.142. The van der Waals surface area contributed by atoms with Gasteiger partial charge in [0.25, 0.3) is 0 Å². The summed E-state index contributed by atoms with van der Waals surface area (Å²) in [7, 11) is 0. The summed E-state index contributed by atoms with van der Waals surface area (Å²) in [5.74, 6) is 0.142. The molecule has 116 valence electrons. The Morgan fingerprint density at radius 2 is 1.86 bits per heavy atom. The molecule has 21 heavy (non-hydrogen) atoms. The molecule has 3 nitrogen and oxygen atoms in total. The van der Waals surface area contributed by atoms with Gasteiger partial charge < -0.3 is 10.2 Å². The van der Waals surface area contributed by atoms with Gasteiger partial charge in [-0.3, -0.25) is 4.79 Å². The lowest BCUT2D eigenvalue weighted by atomic mass is 10.1. The predicted octanol–water partition coefficient (Wildman–Crippen LogP) is 3.26. The van der Waals surface area contributed by atoms with Crippen LogP contribution < -0.4 is 5.32 Å². The lowest BCUT2D eigenvalue weighted by molar-refractivity contribution is -0.121. The molecule has 1 aromatic rings. The zero-order chi connectivity index (χ0) is 14.9. The highest BCUT2D eigenvalue weighted by molar-refractivity contribution is 6.30. The Labute approximate surface area is 132 Å². The van der Waals surface area contributed by atoms with Crippen molar-refractivity contribution in [1.82, 2.24) is 10.2 Å². The molecule has 1 aromatic carbocycles. The number of piperidine rings is 1.